The van der Waals surface area contributed by atoms with Crippen LogP contribution in [-0.2, 0) is 4.79 Å². The van der Waals surface area contributed by atoms with E-state index >= 15 is 0 Å². The molecule has 2 aliphatic carbocycles. The van der Waals surface area contributed by atoms with Crippen LogP contribution in [0.3, 0.4) is 0 Å². The van der Waals surface area contributed by atoms with Gasteiger partial charge in [-0.2, -0.15) is 0 Å². The molecule has 1 heterocycles. The summed E-state index contributed by atoms with van der Waals surface area (Å²) >= 11 is 0. The van der Waals surface area contributed by atoms with E-state index in [1.165, 1.54) is 32.1 Å². The highest BCUT2D eigenvalue weighted by Gasteiger charge is 2.47. The molecule has 0 radical (unpaired) electrons. The second-order valence-electron chi connectivity index (χ2n) is 6.71. The molecule has 1 N–H and O–H groups in total. The van der Waals surface area contributed by atoms with Gasteiger partial charge in [-0.25, -0.2) is 0 Å². The van der Waals surface area contributed by atoms with Crippen LogP contribution < -0.4 is 5.32 Å². The summed E-state index contributed by atoms with van der Waals surface area (Å²) in [6.45, 7) is 5.27. The van der Waals surface area contributed by atoms with Crippen molar-refractivity contribution < 1.29 is 4.79 Å². The maximum Gasteiger partial charge on any atom is 0.239 e. The fraction of sp³-hybridized carbons (Fsp3) is 0.933. The molecular formula is C15H26N2O. The average molecular weight is 250 g/mol. The lowest BCUT2D eigenvalue weighted by molar-refractivity contribution is -0.139. The Bertz CT molecular complexity index is 308. The zero-order chi connectivity index (χ0) is 12.7. The molecule has 2 saturated carbocycles. The van der Waals surface area contributed by atoms with Gasteiger partial charge in [-0.1, -0.05) is 13.8 Å². The predicted octanol–water partition coefficient (Wildman–Crippen LogP) is 2.16. The van der Waals surface area contributed by atoms with Gasteiger partial charge in [0.05, 0.1) is 6.04 Å². The molecule has 1 aliphatic heterocycles. The largest absolute Gasteiger partial charge is 0.338 e. The number of carbonyl (C=O) groups is 1. The Hall–Kier alpha value is -0.570. The first-order valence-corrected chi connectivity index (χ1v) is 7.73. The van der Waals surface area contributed by atoms with Gasteiger partial charge in [0.15, 0.2) is 0 Å². The highest BCUT2D eigenvalue weighted by molar-refractivity contribution is 5.83. The molecule has 1 amide bonds. The van der Waals surface area contributed by atoms with E-state index < -0.39 is 0 Å². The number of rotatable bonds is 5. The molecule has 0 aromatic heterocycles. The fourth-order valence-corrected chi connectivity index (χ4v) is 3.52. The Labute approximate surface area is 110 Å². The second-order valence-corrected chi connectivity index (χ2v) is 6.71. The first-order chi connectivity index (χ1) is 8.66. The van der Waals surface area contributed by atoms with Crippen LogP contribution >= 0.6 is 0 Å². The molecule has 102 valence electrons. The summed E-state index contributed by atoms with van der Waals surface area (Å²) in [6.07, 6.45) is 7.61. The molecule has 3 aliphatic rings. The summed E-state index contributed by atoms with van der Waals surface area (Å²) in [5.41, 5.74) is 0. The van der Waals surface area contributed by atoms with E-state index in [0.29, 0.717) is 18.0 Å². The molecular weight excluding hydrogens is 224 g/mol. The Morgan fingerprint density at radius 3 is 2.22 bits per heavy atom. The van der Waals surface area contributed by atoms with E-state index in [4.69, 9.17) is 0 Å². The van der Waals surface area contributed by atoms with Gasteiger partial charge in [0.1, 0.15) is 0 Å². The summed E-state index contributed by atoms with van der Waals surface area (Å²) in [6, 6.07) is 1.08. The van der Waals surface area contributed by atoms with Crippen molar-refractivity contribution in [3.05, 3.63) is 0 Å². The Kier molecular flexibility index (Phi) is 3.35. The molecule has 1 saturated heterocycles. The van der Waals surface area contributed by atoms with Crippen LogP contribution in [-0.4, -0.2) is 35.5 Å². The van der Waals surface area contributed by atoms with Crippen molar-refractivity contribution in [3.63, 3.8) is 0 Å². The molecule has 0 aromatic carbocycles. The van der Waals surface area contributed by atoms with Gasteiger partial charge in [-0.3, -0.25) is 4.79 Å². The molecule has 1 atom stereocenters. The van der Waals surface area contributed by atoms with Gasteiger partial charge in [0, 0.05) is 18.6 Å². The average Bonchev–Trinajstić information content (AvgIpc) is 3.16. The Morgan fingerprint density at radius 1 is 1.11 bits per heavy atom. The van der Waals surface area contributed by atoms with Crippen molar-refractivity contribution in [1.29, 1.82) is 0 Å². The SMILES string of the molecule is CC(C)NC1CCCN(C(C2CC2)C2CC2)C1=O. The Morgan fingerprint density at radius 2 is 1.72 bits per heavy atom. The van der Waals surface area contributed by atoms with Crippen molar-refractivity contribution in [2.75, 3.05) is 6.54 Å². The standard InChI is InChI=1S/C15H26N2O/c1-10(2)16-13-4-3-9-17(15(13)18)14(11-5-6-11)12-7-8-12/h10-14,16H,3-9H2,1-2H3. The summed E-state index contributed by atoms with van der Waals surface area (Å²) in [7, 11) is 0. The zero-order valence-electron chi connectivity index (χ0n) is 11.7. The van der Waals surface area contributed by atoms with Crippen LogP contribution in [0.25, 0.3) is 0 Å². The molecule has 1 unspecified atom stereocenters. The van der Waals surface area contributed by atoms with Gasteiger partial charge < -0.3 is 10.2 Å². The minimum Gasteiger partial charge on any atom is -0.338 e. The quantitative estimate of drug-likeness (QED) is 0.811. The smallest absolute Gasteiger partial charge is 0.239 e. The van der Waals surface area contributed by atoms with Gasteiger partial charge in [0.25, 0.3) is 0 Å². The minimum absolute atomic E-state index is 0.0822. The topological polar surface area (TPSA) is 32.3 Å². The number of hydrogen-bond donors (Lipinski definition) is 1. The third-order valence-corrected chi connectivity index (χ3v) is 4.58. The lowest BCUT2D eigenvalue weighted by Gasteiger charge is -2.39. The highest BCUT2D eigenvalue weighted by Crippen LogP contribution is 2.47. The predicted molar refractivity (Wildman–Crippen MR) is 72.2 cm³/mol. The van der Waals surface area contributed by atoms with Crippen molar-refractivity contribution in [1.82, 2.24) is 10.2 Å². The van der Waals surface area contributed by atoms with Gasteiger partial charge in [-0.05, 0) is 50.4 Å². The van der Waals surface area contributed by atoms with Gasteiger partial charge in [-0.15, -0.1) is 0 Å². The normalized spacial score (nSPS) is 29.4. The van der Waals surface area contributed by atoms with Crippen molar-refractivity contribution >= 4 is 5.91 Å². The van der Waals surface area contributed by atoms with Crippen LogP contribution in [0.4, 0.5) is 0 Å². The van der Waals surface area contributed by atoms with E-state index in [1.54, 1.807) is 0 Å². The molecule has 0 spiro atoms. The molecule has 0 aromatic rings. The van der Waals surface area contributed by atoms with E-state index in [1.807, 2.05) is 0 Å². The number of piperidine rings is 1. The van der Waals surface area contributed by atoms with E-state index in [2.05, 4.69) is 24.1 Å². The van der Waals surface area contributed by atoms with Crippen LogP contribution in [0.2, 0.25) is 0 Å². The molecule has 0 bridgehead atoms. The summed E-state index contributed by atoms with van der Waals surface area (Å²) in [5.74, 6) is 2.05. The highest BCUT2D eigenvalue weighted by atomic mass is 16.2. The van der Waals surface area contributed by atoms with Crippen LogP contribution in [0.1, 0.15) is 52.4 Å². The number of carbonyl (C=O) groups excluding carboxylic acids is 1. The summed E-state index contributed by atoms with van der Waals surface area (Å²) < 4.78 is 0. The summed E-state index contributed by atoms with van der Waals surface area (Å²) in [5, 5.41) is 3.44. The van der Waals surface area contributed by atoms with Crippen molar-refractivity contribution in [3.8, 4) is 0 Å². The lowest BCUT2D eigenvalue weighted by atomic mass is 9.97. The number of hydrogen-bond acceptors (Lipinski definition) is 2. The van der Waals surface area contributed by atoms with E-state index in [0.717, 1.165) is 24.8 Å². The Balaban J connectivity index is 1.68. The zero-order valence-corrected chi connectivity index (χ0v) is 11.7. The van der Waals surface area contributed by atoms with E-state index in [9.17, 15) is 4.79 Å². The fourth-order valence-electron chi connectivity index (χ4n) is 3.52. The minimum atomic E-state index is 0.0822. The second kappa shape index (κ2) is 4.84. The summed E-state index contributed by atoms with van der Waals surface area (Å²) in [4.78, 5) is 14.9. The van der Waals surface area contributed by atoms with Crippen LogP contribution in [0.15, 0.2) is 0 Å². The molecule has 3 nitrogen and oxygen atoms in total. The third-order valence-electron chi connectivity index (χ3n) is 4.58. The number of amides is 1. The van der Waals surface area contributed by atoms with E-state index in [-0.39, 0.29) is 6.04 Å². The molecule has 18 heavy (non-hydrogen) atoms. The maximum absolute atomic E-state index is 12.6. The van der Waals surface area contributed by atoms with Crippen LogP contribution in [0.5, 0.6) is 0 Å². The third kappa shape index (κ3) is 2.56. The van der Waals surface area contributed by atoms with Gasteiger partial charge in [0.2, 0.25) is 5.91 Å². The first-order valence-electron chi connectivity index (χ1n) is 7.73. The number of nitrogens with zero attached hydrogens (tertiary/aromatic N) is 1. The van der Waals surface area contributed by atoms with Crippen LogP contribution in [0, 0.1) is 11.8 Å². The lowest BCUT2D eigenvalue weighted by Crippen LogP contribution is -2.56. The monoisotopic (exact) mass is 250 g/mol. The number of likely N-dealkylation sites (tertiary alicyclic amines) is 1. The molecule has 3 fully saturated rings. The van der Waals surface area contributed by atoms with Crippen molar-refractivity contribution in [2.45, 2.75) is 70.5 Å². The van der Waals surface area contributed by atoms with Crippen molar-refractivity contribution in [2.24, 2.45) is 11.8 Å². The van der Waals surface area contributed by atoms with Gasteiger partial charge >= 0.3 is 0 Å². The maximum atomic E-state index is 12.6. The molecule has 3 rings (SSSR count). The first kappa shape index (κ1) is 12.5. The molecule has 3 heteroatoms. The number of nitrogens with one attached hydrogen (secondary N) is 1.